The molecule has 4 unspecified atom stereocenters. The van der Waals surface area contributed by atoms with Gasteiger partial charge in [0.15, 0.2) is 0 Å². The van der Waals surface area contributed by atoms with Gasteiger partial charge in [0.25, 0.3) is 0 Å². The minimum Gasteiger partial charge on any atom is -0.486 e. The van der Waals surface area contributed by atoms with Crippen molar-refractivity contribution in [3.8, 4) is 5.75 Å². The summed E-state index contributed by atoms with van der Waals surface area (Å²) in [6.45, 7) is 2.55. The maximum absolute atomic E-state index is 13.2. The van der Waals surface area contributed by atoms with Gasteiger partial charge in [-0.05, 0) is 37.3 Å². The summed E-state index contributed by atoms with van der Waals surface area (Å²) in [4.78, 5) is 28.2. The van der Waals surface area contributed by atoms with Crippen LogP contribution in [-0.4, -0.2) is 64.9 Å². The van der Waals surface area contributed by atoms with Crippen molar-refractivity contribution in [1.29, 1.82) is 0 Å². The number of rotatable bonds is 8. The van der Waals surface area contributed by atoms with Crippen LogP contribution in [0.15, 0.2) is 35.9 Å². The van der Waals surface area contributed by atoms with E-state index in [2.05, 4.69) is 5.32 Å². The van der Waals surface area contributed by atoms with E-state index in [0.29, 0.717) is 30.2 Å². The molecule has 1 saturated carbocycles. The van der Waals surface area contributed by atoms with Gasteiger partial charge < -0.3 is 25.2 Å². The van der Waals surface area contributed by atoms with Gasteiger partial charge in [-0.25, -0.2) is 0 Å². The number of aliphatic hydroxyl groups is 2. The third-order valence-corrected chi connectivity index (χ3v) is 7.20. The van der Waals surface area contributed by atoms with Gasteiger partial charge in [-0.2, -0.15) is 0 Å². The van der Waals surface area contributed by atoms with Crippen LogP contribution in [-0.2, 0) is 9.59 Å². The van der Waals surface area contributed by atoms with Gasteiger partial charge >= 0.3 is 0 Å². The second kappa shape index (κ2) is 10.7. The zero-order chi connectivity index (χ0) is 23.4. The fourth-order valence-electron chi connectivity index (χ4n) is 5.59. The van der Waals surface area contributed by atoms with Crippen LogP contribution in [0.4, 0.5) is 0 Å². The average molecular weight is 457 g/mol. The van der Waals surface area contributed by atoms with E-state index >= 15 is 0 Å². The third kappa shape index (κ3) is 4.94. The quantitative estimate of drug-likeness (QED) is 0.558. The smallest absolute Gasteiger partial charge is 0.247 e. The Balaban J connectivity index is 1.70. The molecule has 4 atom stereocenters. The molecule has 2 amide bonds. The minimum absolute atomic E-state index is 0.00690. The summed E-state index contributed by atoms with van der Waals surface area (Å²) in [6.07, 6.45) is 7.06. The van der Waals surface area contributed by atoms with E-state index in [4.69, 9.17) is 4.74 Å². The Morgan fingerprint density at radius 3 is 2.67 bits per heavy atom. The summed E-state index contributed by atoms with van der Waals surface area (Å²) in [6, 6.07) is 6.90. The third-order valence-electron chi connectivity index (χ3n) is 7.20. The Morgan fingerprint density at radius 2 is 1.94 bits per heavy atom. The average Bonchev–Trinajstić information content (AvgIpc) is 3.23. The van der Waals surface area contributed by atoms with Crippen LogP contribution in [0.25, 0.3) is 0 Å². The van der Waals surface area contributed by atoms with E-state index in [9.17, 15) is 19.8 Å². The Hall–Kier alpha value is -2.38. The highest BCUT2D eigenvalue weighted by Crippen LogP contribution is 2.47. The van der Waals surface area contributed by atoms with Gasteiger partial charge in [-0.3, -0.25) is 9.59 Å². The molecule has 4 rings (SSSR count). The number of para-hydroxylation sites is 1. The van der Waals surface area contributed by atoms with Crippen LogP contribution >= 0.6 is 0 Å². The predicted molar refractivity (Wildman–Crippen MR) is 125 cm³/mol. The van der Waals surface area contributed by atoms with Crippen molar-refractivity contribution in [2.45, 2.75) is 76.0 Å². The first-order chi connectivity index (χ1) is 16.0. The molecule has 0 aromatic heterocycles. The molecule has 0 spiro atoms. The van der Waals surface area contributed by atoms with Crippen LogP contribution in [0.2, 0.25) is 0 Å². The fourth-order valence-corrected chi connectivity index (χ4v) is 5.59. The summed E-state index contributed by atoms with van der Waals surface area (Å²) in [5, 5.41) is 23.4. The first-order valence-electron chi connectivity index (χ1n) is 12.4. The van der Waals surface area contributed by atoms with Gasteiger partial charge in [-0.1, -0.05) is 44.4 Å². The molecule has 180 valence electrons. The number of hydrogen-bond donors (Lipinski definition) is 3. The molecule has 3 aliphatic rings. The maximum atomic E-state index is 13.2. The first-order valence-corrected chi connectivity index (χ1v) is 12.4. The SMILES string of the molecule is CCCC(=O)N(CC1CCCCC1)C1C=C(C(=O)NCCO)C2c3ccccc3OC2C1O. The van der Waals surface area contributed by atoms with Crippen LogP contribution in [0.3, 0.4) is 0 Å². The van der Waals surface area contributed by atoms with E-state index in [-0.39, 0.29) is 25.0 Å². The van der Waals surface area contributed by atoms with Crippen LogP contribution in [0.5, 0.6) is 5.75 Å². The first kappa shape index (κ1) is 23.8. The number of hydrogen-bond acceptors (Lipinski definition) is 5. The normalized spacial score (nSPS) is 26.6. The highest BCUT2D eigenvalue weighted by atomic mass is 16.5. The summed E-state index contributed by atoms with van der Waals surface area (Å²) in [5.41, 5.74) is 1.36. The largest absolute Gasteiger partial charge is 0.486 e. The molecule has 0 saturated heterocycles. The fraction of sp³-hybridized carbons (Fsp3) is 0.615. The van der Waals surface area contributed by atoms with Crippen molar-refractivity contribution < 1.29 is 24.5 Å². The van der Waals surface area contributed by atoms with Gasteiger partial charge in [0.1, 0.15) is 18.0 Å². The van der Waals surface area contributed by atoms with E-state index in [1.54, 1.807) is 11.0 Å². The Morgan fingerprint density at radius 1 is 1.18 bits per heavy atom. The van der Waals surface area contributed by atoms with Crippen molar-refractivity contribution in [3.05, 3.63) is 41.5 Å². The molecule has 1 aromatic carbocycles. The molecule has 0 bridgehead atoms. The number of fused-ring (bicyclic) bond motifs is 3. The minimum atomic E-state index is -0.943. The van der Waals surface area contributed by atoms with Gasteiger partial charge in [0.05, 0.1) is 18.6 Å². The molecule has 1 heterocycles. The van der Waals surface area contributed by atoms with Gasteiger partial charge in [0, 0.05) is 30.6 Å². The van der Waals surface area contributed by atoms with Crippen LogP contribution in [0, 0.1) is 5.92 Å². The number of nitrogens with zero attached hydrogens (tertiary/aromatic N) is 1. The highest BCUT2D eigenvalue weighted by Gasteiger charge is 2.50. The molecular weight excluding hydrogens is 420 g/mol. The number of nitrogens with one attached hydrogen (secondary N) is 1. The van der Waals surface area contributed by atoms with E-state index in [0.717, 1.165) is 24.8 Å². The van der Waals surface area contributed by atoms with Crippen molar-refractivity contribution >= 4 is 11.8 Å². The lowest BCUT2D eigenvalue weighted by Gasteiger charge is -2.42. The summed E-state index contributed by atoms with van der Waals surface area (Å²) in [5.74, 6) is 0.367. The molecule has 2 aliphatic carbocycles. The number of carbonyl (C=O) groups is 2. The van der Waals surface area contributed by atoms with E-state index in [1.807, 2.05) is 31.2 Å². The lowest BCUT2D eigenvalue weighted by atomic mass is 9.77. The molecule has 1 aliphatic heterocycles. The zero-order valence-electron chi connectivity index (χ0n) is 19.4. The van der Waals surface area contributed by atoms with Gasteiger partial charge in [-0.15, -0.1) is 0 Å². The molecule has 0 radical (unpaired) electrons. The lowest BCUT2D eigenvalue weighted by Crippen LogP contribution is -2.56. The topological polar surface area (TPSA) is 99.1 Å². The standard InChI is InChI=1S/C26H36N2O5/c1-2-8-22(30)28(16-17-9-4-3-5-10-17)20-15-19(26(32)27-13-14-29)23-18-11-6-7-12-21(18)33-25(23)24(20)31/h6-7,11-12,15,17,20,23-25,29,31H,2-5,8-10,13-14,16H2,1H3,(H,27,32). The molecule has 3 N–H and O–H groups in total. The molecule has 1 fully saturated rings. The second-order valence-electron chi connectivity index (χ2n) is 9.48. The predicted octanol–water partition coefficient (Wildman–Crippen LogP) is 2.52. The Kier molecular flexibility index (Phi) is 7.71. The molecule has 7 heteroatoms. The van der Waals surface area contributed by atoms with Crippen molar-refractivity contribution in [3.63, 3.8) is 0 Å². The Bertz CT molecular complexity index is 879. The summed E-state index contributed by atoms with van der Waals surface area (Å²) < 4.78 is 6.16. The second-order valence-corrected chi connectivity index (χ2v) is 9.48. The zero-order valence-corrected chi connectivity index (χ0v) is 19.4. The number of ether oxygens (including phenoxy) is 1. The van der Waals surface area contributed by atoms with Crippen LogP contribution in [0.1, 0.15) is 63.4 Å². The number of carbonyl (C=O) groups excluding carboxylic acids is 2. The van der Waals surface area contributed by atoms with Crippen molar-refractivity contribution in [2.24, 2.45) is 5.92 Å². The molecular formula is C26H36N2O5. The summed E-state index contributed by atoms with van der Waals surface area (Å²) in [7, 11) is 0. The molecule has 1 aromatic rings. The van der Waals surface area contributed by atoms with Crippen LogP contribution < -0.4 is 10.1 Å². The van der Waals surface area contributed by atoms with Gasteiger partial charge in [0.2, 0.25) is 11.8 Å². The number of amides is 2. The monoisotopic (exact) mass is 456 g/mol. The summed E-state index contributed by atoms with van der Waals surface area (Å²) >= 11 is 0. The highest BCUT2D eigenvalue weighted by molar-refractivity contribution is 5.96. The lowest BCUT2D eigenvalue weighted by molar-refractivity contribution is -0.138. The van der Waals surface area contributed by atoms with Crippen molar-refractivity contribution in [2.75, 3.05) is 19.7 Å². The number of benzene rings is 1. The maximum Gasteiger partial charge on any atom is 0.247 e. The Labute approximate surface area is 195 Å². The van der Waals surface area contributed by atoms with E-state index in [1.165, 1.54) is 19.3 Å². The number of aliphatic hydroxyl groups excluding tert-OH is 2. The molecule has 7 nitrogen and oxygen atoms in total. The van der Waals surface area contributed by atoms with Crippen molar-refractivity contribution in [1.82, 2.24) is 10.2 Å². The van der Waals surface area contributed by atoms with E-state index < -0.39 is 24.2 Å². The molecule has 33 heavy (non-hydrogen) atoms.